The third kappa shape index (κ3) is 5.03. The van der Waals surface area contributed by atoms with Crippen LogP contribution in [0.4, 0.5) is 0 Å². The van der Waals surface area contributed by atoms with E-state index in [4.69, 9.17) is 20.3 Å². The number of aliphatic carboxylic acids is 1. The molecule has 1 fully saturated rings. The number of hydrogen-bond donors (Lipinski definition) is 5. The number of aliphatic hydroxyl groups excluding tert-OH is 3. The lowest BCUT2D eigenvalue weighted by Crippen LogP contribution is -2.63. The first-order valence-electron chi connectivity index (χ1n) is 6.69. The molecule has 122 valence electrons. The number of aliphatic hydroxyl groups is 3. The topological polar surface area (TPSA) is 142 Å². The van der Waals surface area contributed by atoms with Crippen molar-refractivity contribution >= 4 is 5.97 Å². The van der Waals surface area contributed by atoms with Crippen LogP contribution < -0.4 is 5.73 Å². The van der Waals surface area contributed by atoms with Gasteiger partial charge in [0.25, 0.3) is 0 Å². The van der Waals surface area contributed by atoms with Crippen molar-refractivity contribution in [1.82, 2.24) is 0 Å². The molecule has 1 saturated heterocycles. The third-order valence-corrected chi connectivity index (χ3v) is 3.30. The molecule has 0 aromatic carbocycles. The highest BCUT2D eigenvalue weighted by Gasteiger charge is 2.44. The van der Waals surface area contributed by atoms with Crippen LogP contribution in [0.5, 0.6) is 0 Å². The minimum atomic E-state index is -1.30. The van der Waals surface area contributed by atoms with E-state index in [2.05, 4.69) is 6.58 Å². The van der Waals surface area contributed by atoms with E-state index < -0.39 is 42.7 Å². The Bertz CT molecular complexity index is 374. The van der Waals surface area contributed by atoms with Gasteiger partial charge in [0.05, 0.1) is 25.2 Å². The highest BCUT2D eigenvalue weighted by atomic mass is 16.7. The van der Waals surface area contributed by atoms with Crippen LogP contribution in [0.2, 0.25) is 0 Å². The lowest BCUT2D eigenvalue weighted by atomic mass is 9.95. The molecule has 0 radical (unpaired) electrons. The zero-order valence-corrected chi connectivity index (χ0v) is 11.9. The van der Waals surface area contributed by atoms with Crippen molar-refractivity contribution in [1.29, 1.82) is 0 Å². The molecule has 8 heteroatoms. The van der Waals surface area contributed by atoms with Gasteiger partial charge >= 0.3 is 5.97 Å². The average molecular weight is 305 g/mol. The first-order chi connectivity index (χ1) is 9.73. The normalized spacial score (nSPS) is 34.4. The van der Waals surface area contributed by atoms with Crippen molar-refractivity contribution in [3.05, 3.63) is 12.2 Å². The summed E-state index contributed by atoms with van der Waals surface area (Å²) in [6.45, 7) is 5.14. The molecule has 0 aromatic rings. The van der Waals surface area contributed by atoms with Gasteiger partial charge in [-0.2, -0.15) is 0 Å². The van der Waals surface area contributed by atoms with Crippen molar-refractivity contribution < 1.29 is 34.7 Å². The van der Waals surface area contributed by atoms with Crippen LogP contribution in [0, 0.1) is 0 Å². The Morgan fingerprint density at radius 3 is 2.57 bits per heavy atom. The van der Waals surface area contributed by atoms with Gasteiger partial charge in [0.1, 0.15) is 18.3 Å². The Morgan fingerprint density at radius 2 is 2.05 bits per heavy atom. The third-order valence-electron chi connectivity index (χ3n) is 3.30. The molecule has 1 rings (SSSR count). The second kappa shape index (κ2) is 7.83. The summed E-state index contributed by atoms with van der Waals surface area (Å²) < 4.78 is 10.7. The van der Waals surface area contributed by atoms with Crippen molar-refractivity contribution in [3.63, 3.8) is 0 Å². The standard InChI is InChI=1S/C13H23NO7/c1-6(5-8(16)17)3-4-20-13-9(14)10(18)11(19)12(21-13)7(2)15/h7,9-13,15,18-19H,1,3-5,14H2,2H3,(H,16,17)/t7?,9-,10-,11-,12-,13?/m1/s1. The predicted molar refractivity (Wildman–Crippen MR) is 72.3 cm³/mol. The number of carboxylic acid groups (broad SMARTS) is 1. The van der Waals surface area contributed by atoms with Gasteiger partial charge in [0, 0.05) is 0 Å². The minimum Gasteiger partial charge on any atom is -0.481 e. The highest BCUT2D eigenvalue weighted by molar-refractivity contribution is 5.69. The zero-order valence-electron chi connectivity index (χ0n) is 11.9. The van der Waals surface area contributed by atoms with E-state index in [0.29, 0.717) is 12.0 Å². The zero-order chi connectivity index (χ0) is 16.2. The molecule has 0 aromatic heterocycles. The van der Waals surface area contributed by atoms with Crippen molar-refractivity contribution in [3.8, 4) is 0 Å². The number of carbonyl (C=O) groups is 1. The molecule has 1 heterocycles. The van der Waals surface area contributed by atoms with E-state index >= 15 is 0 Å². The first-order valence-corrected chi connectivity index (χ1v) is 6.69. The molecule has 6 atom stereocenters. The average Bonchev–Trinajstić information content (AvgIpc) is 2.37. The summed E-state index contributed by atoms with van der Waals surface area (Å²) in [5.74, 6) is -0.974. The number of rotatable bonds is 7. The molecule has 2 unspecified atom stereocenters. The molecule has 0 bridgehead atoms. The molecule has 21 heavy (non-hydrogen) atoms. The number of carboxylic acids is 1. The largest absolute Gasteiger partial charge is 0.481 e. The van der Waals surface area contributed by atoms with Crippen molar-refractivity contribution in [2.24, 2.45) is 5.73 Å². The SMILES string of the molecule is C=C(CCOC1O[C@H](C(C)O)[C@H](O)[C@H](O)[C@H]1N)CC(=O)O. The number of hydrogen-bond acceptors (Lipinski definition) is 7. The maximum atomic E-state index is 10.5. The van der Waals surface area contributed by atoms with Crippen molar-refractivity contribution in [2.75, 3.05) is 6.61 Å². The van der Waals surface area contributed by atoms with E-state index in [0.717, 1.165) is 0 Å². The van der Waals surface area contributed by atoms with E-state index in [-0.39, 0.29) is 13.0 Å². The summed E-state index contributed by atoms with van der Waals surface area (Å²) in [5, 5.41) is 37.7. The lowest BCUT2D eigenvalue weighted by Gasteiger charge is -2.42. The first kappa shape index (κ1) is 18.0. The molecule has 0 saturated carbocycles. The van der Waals surface area contributed by atoms with E-state index in [1.54, 1.807) is 0 Å². The van der Waals surface area contributed by atoms with Crippen LogP contribution in [-0.4, -0.2) is 69.8 Å². The van der Waals surface area contributed by atoms with Crippen LogP contribution in [0.15, 0.2) is 12.2 Å². The van der Waals surface area contributed by atoms with Crippen molar-refractivity contribution in [2.45, 2.75) is 56.5 Å². The maximum Gasteiger partial charge on any atom is 0.307 e. The van der Waals surface area contributed by atoms with Gasteiger partial charge in [0.15, 0.2) is 6.29 Å². The molecular weight excluding hydrogens is 282 g/mol. The van der Waals surface area contributed by atoms with Gasteiger partial charge in [-0.25, -0.2) is 0 Å². The van der Waals surface area contributed by atoms with E-state index in [1.165, 1.54) is 6.92 Å². The molecule has 0 aliphatic carbocycles. The summed E-state index contributed by atoms with van der Waals surface area (Å²) in [7, 11) is 0. The minimum absolute atomic E-state index is 0.111. The maximum absolute atomic E-state index is 10.5. The van der Waals surface area contributed by atoms with Gasteiger partial charge in [-0.3, -0.25) is 4.79 Å². The smallest absolute Gasteiger partial charge is 0.307 e. The van der Waals surface area contributed by atoms with Gasteiger partial charge < -0.3 is 35.6 Å². The Balaban J connectivity index is 2.49. The van der Waals surface area contributed by atoms with Gasteiger partial charge in [-0.1, -0.05) is 12.2 Å². The molecule has 0 spiro atoms. The summed E-state index contributed by atoms with van der Waals surface area (Å²) in [6.07, 6.45) is -5.45. The molecule has 0 amide bonds. The Labute approximate surface area is 122 Å². The summed E-state index contributed by atoms with van der Waals surface area (Å²) in [5.41, 5.74) is 6.20. The second-order valence-electron chi connectivity index (χ2n) is 5.21. The fourth-order valence-corrected chi connectivity index (χ4v) is 2.08. The molecular formula is C13H23NO7. The Kier molecular flexibility index (Phi) is 6.72. The predicted octanol–water partition coefficient (Wildman–Crippen LogP) is -1.42. The van der Waals surface area contributed by atoms with E-state index in [1.807, 2.05) is 0 Å². The van der Waals surface area contributed by atoms with Crippen LogP contribution in [-0.2, 0) is 14.3 Å². The van der Waals surface area contributed by atoms with Crippen LogP contribution in [0.1, 0.15) is 19.8 Å². The fourth-order valence-electron chi connectivity index (χ4n) is 2.08. The van der Waals surface area contributed by atoms with Crippen LogP contribution in [0.3, 0.4) is 0 Å². The number of ether oxygens (including phenoxy) is 2. The van der Waals surface area contributed by atoms with Crippen LogP contribution >= 0.6 is 0 Å². The van der Waals surface area contributed by atoms with Gasteiger partial charge in [-0.05, 0) is 13.3 Å². The fraction of sp³-hybridized carbons (Fsp3) is 0.769. The Hall–Kier alpha value is -1.03. The van der Waals surface area contributed by atoms with Gasteiger partial charge in [0.2, 0.25) is 0 Å². The van der Waals surface area contributed by atoms with Gasteiger partial charge in [-0.15, -0.1) is 0 Å². The Morgan fingerprint density at radius 1 is 1.43 bits per heavy atom. The summed E-state index contributed by atoms with van der Waals surface area (Å²) in [4.78, 5) is 10.5. The molecule has 6 N–H and O–H groups in total. The lowest BCUT2D eigenvalue weighted by molar-refractivity contribution is -0.275. The van der Waals surface area contributed by atoms with E-state index in [9.17, 15) is 20.1 Å². The number of nitrogens with two attached hydrogens (primary N) is 1. The quantitative estimate of drug-likeness (QED) is 0.361. The highest BCUT2D eigenvalue weighted by Crippen LogP contribution is 2.23. The molecule has 8 nitrogen and oxygen atoms in total. The molecule has 1 aliphatic rings. The monoisotopic (exact) mass is 305 g/mol. The summed E-state index contributed by atoms with van der Waals surface area (Å²) in [6, 6.07) is -0.970. The second-order valence-corrected chi connectivity index (χ2v) is 5.21. The summed E-state index contributed by atoms with van der Waals surface area (Å²) >= 11 is 0. The van der Waals surface area contributed by atoms with Crippen LogP contribution in [0.25, 0.3) is 0 Å². The molecule has 1 aliphatic heterocycles.